The molecule has 1 N–H and O–H groups in total. The van der Waals surface area contributed by atoms with Gasteiger partial charge in [-0.3, -0.25) is 9.69 Å². The maximum absolute atomic E-state index is 12.0. The Morgan fingerprint density at radius 3 is 2.48 bits per heavy atom. The fraction of sp³-hybridized carbons (Fsp3) is 0.650. The van der Waals surface area contributed by atoms with Crippen LogP contribution in [0.1, 0.15) is 30.9 Å². The fourth-order valence-electron chi connectivity index (χ4n) is 3.78. The van der Waals surface area contributed by atoms with Crippen molar-refractivity contribution in [3.05, 3.63) is 35.9 Å². The number of benzene rings is 1. The number of piperidine rings is 1. The van der Waals surface area contributed by atoms with Crippen molar-refractivity contribution in [3.63, 3.8) is 0 Å². The van der Waals surface area contributed by atoms with Crippen LogP contribution in [0.25, 0.3) is 0 Å². The van der Waals surface area contributed by atoms with Crippen molar-refractivity contribution >= 4 is 5.91 Å². The average Bonchev–Trinajstić information content (AvgIpc) is 2.55. The van der Waals surface area contributed by atoms with Crippen LogP contribution in [0.15, 0.2) is 30.3 Å². The SMILES string of the molecule is CN(CC(=O)N1CCC1)CC1CCN(C[C@@H](O)c2ccccc2)CC1. The van der Waals surface area contributed by atoms with E-state index < -0.39 is 6.10 Å². The summed E-state index contributed by atoms with van der Waals surface area (Å²) < 4.78 is 0. The zero-order valence-corrected chi connectivity index (χ0v) is 15.3. The quantitative estimate of drug-likeness (QED) is 0.815. The Morgan fingerprint density at radius 1 is 1.20 bits per heavy atom. The summed E-state index contributed by atoms with van der Waals surface area (Å²) in [6.45, 7) is 6.19. The van der Waals surface area contributed by atoms with E-state index in [1.54, 1.807) is 0 Å². The second-order valence-corrected chi connectivity index (χ2v) is 7.60. The monoisotopic (exact) mass is 345 g/mol. The van der Waals surface area contributed by atoms with E-state index in [2.05, 4.69) is 16.8 Å². The number of aliphatic hydroxyl groups is 1. The van der Waals surface area contributed by atoms with Crippen LogP contribution in [0.4, 0.5) is 0 Å². The van der Waals surface area contributed by atoms with Crippen molar-refractivity contribution in [2.75, 3.05) is 52.9 Å². The lowest BCUT2D eigenvalue weighted by molar-refractivity contribution is -0.135. The minimum atomic E-state index is -0.408. The lowest BCUT2D eigenvalue weighted by Gasteiger charge is -2.36. The van der Waals surface area contributed by atoms with E-state index in [1.807, 2.05) is 35.2 Å². The molecule has 2 saturated heterocycles. The third-order valence-electron chi connectivity index (χ3n) is 5.51. The normalized spacial score (nSPS) is 20.5. The third-order valence-corrected chi connectivity index (χ3v) is 5.51. The first-order chi connectivity index (χ1) is 12.1. The molecule has 5 nitrogen and oxygen atoms in total. The molecule has 2 fully saturated rings. The molecule has 1 aromatic rings. The zero-order chi connectivity index (χ0) is 17.6. The highest BCUT2D eigenvalue weighted by atomic mass is 16.3. The van der Waals surface area contributed by atoms with E-state index >= 15 is 0 Å². The van der Waals surface area contributed by atoms with E-state index in [4.69, 9.17) is 0 Å². The van der Waals surface area contributed by atoms with Gasteiger partial charge in [0, 0.05) is 26.2 Å². The molecule has 0 bridgehead atoms. The Kier molecular flexibility index (Phi) is 6.45. The van der Waals surface area contributed by atoms with Gasteiger partial charge in [0.05, 0.1) is 12.6 Å². The smallest absolute Gasteiger partial charge is 0.236 e. The second-order valence-electron chi connectivity index (χ2n) is 7.60. The predicted molar refractivity (Wildman–Crippen MR) is 99.3 cm³/mol. The van der Waals surface area contributed by atoms with Gasteiger partial charge < -0.3 is 14.9 Å². The van der Waals surface area contributed by atoms with Gasteiger partial charge in [-0.1, -0.05) is 30.3 Å². The number of amides is 1. The molecule has 0 spiro atoms. The van der Waals surface area contributed by atoms with Crippen molar-refractivity contribution < 1.29 is 9.90 Å². The number of hydrogen-bond donors (Lipinski definition) is 1. The lowest BCUT2D eigenvalue weighted by Crippen LogP contribution is -2.47. The fourth-order valence-corrected chi connectivity index (χ4v) is 3.78. The summed E-state index contributed by atoms with van der Waals surface area (Å²) in [5.41, 5.74) is 0.994. The molecule has 1 atom stereocenters. The van der Waals surface area contributed by atoms with Gasteiger partial charge in [0.15, 0.2) is 0 Å². The van der Waals surface area contributed by atoms with Crippen LogP contribution in [0.5, 0.6) is 0 Å². The average molecular weight is 345 g/mol. The maximum Gasteiger partial charge on any atom is 0.236 e. The number of rotatable bonds is 7. The Labute approximate surface area is 151 Å². The number of hydrogen-bond acceptors (Lipinski definition) is 4. The van der Waals surface area contributed by atoms with Crippen LogP contribution < -0.4 is 0 Å². The highest BCUT2D eigenvalue weighted by Gasteiger charge is 2.25. The molecule has 2 heterocycles. The molecular formula is C20H31N3O2. The Balaban J connectivity index is 1.36. The predicted octanol–water partition coefficient (Wildman–Crippen LogP) is 1.60. The molecule has 0 aliphatic carbocycles. The van der Waals surface area contributed by atoms with Crippen molar-refractivity contribution in [2.24, 2.45) is 5.92 Å². The first-order valence-corrected chi connectivity index (χ1v) is 9.53. The van der Waals surface area contributed by atoms with Gasteiger partial charge in [-0.05, 0) is 50.9 Å². The van der Waals surface area contributed by atoms with E-state index in [0.717, 1.165) is 57.5 Å². The van der Waals surface area contributed by atoms with Gasteiger partial charge in [0.2, 0.25) is 5.91 Å². The molecular weight excluding hydrogens is 314 g/mol. The van der Waals surface area contributed by atoms with Gasteiger partial charge in [0.25, 0.3) is 0 Å². The molecule has 0 unspecified atom stereocenters. The van der Waals surface area contributed by atoms with Crippen LogP contribution >= 0.6 is 0 Å². The Morgan fingerprint density at radius 2 is 1.88 bits per heavy atom. The van der Waals surface area contributed by atoms with Crippen molar-refractivity contribution in [2.45, 2.75) is 25.4 Å². The number of aliphatic hydroxyl groups excluding tert-OH is 1. The molecule has 3 rings (SSSR count). The van der Waals surface area contributed by atoms with E-state index in [1.165, 1.54) is 0 Å². The molecule has 1 amide bonds. The number of carbonyl (C=O) groups excluding carboxylic acids is 1. The molecule has 138 valence electrons. The number of nitrogens with zero attached hydrogens (tertiary/aromatic N) is 3. The Bertz CT molecular complexity index is 539. The summed E-state index contributed by atoms with van der Waals surface area (Å²) in [7, 11) is 2.06. The molecule has 25 heavy (non-hydrogen) atoms. The van der Waals surface area contributed by atoms with E-state index in [-0.39, 0.29) is 5.91 Å². The standard InChI is InChI=1S/C20H31N3O2/c1-21(16-20(25)23-10-5-11-23)14-17-8-12-22(13-9-17)15-19(24)18-6-3-2-4-7-18/h2-4,6-7,17,19,24H,5,8-16H2,1H3/t19-/m1/s1. The highest BCUT2D eigenvalue weighted by Crippen LogP contribution is 2.21. The molecule has 2 aliphatic heterocycles. The van der Waals surface area contributed by atoms with Gasteiger partial charge in [0.1, 0.15) is 0 Å². The Hall–Kier alpha value is -1.43. The van der Waals surface area contributed by atoms with Gasteiger partial charge in [-0.25, -0.2) is 0 Å². The first kappa shape index (κ1) is 18.4. The highest BCUT2D eigenvalue weighted by molar-refractivity contribution is 5.78. The van der Waals surface area contributed by atoms with Gasteiger partial charge in [-0.15, -0.1) is 0 Å². The number of carbonyl (C=O) groups is 1. The summed E-state index contributed by atoms with van der Waals surface area (Å²) in [5, 5.41) is 10.4. The minimum Gasteiger partial charge on any atom is -0.387 e. The van der Waals surface area contributed by atoms with E-state index in [0.29, 0.717) is 19.0 Å². The largest absolute Gasteiger partial charge is 0.387 e. The molecule has 0 radical (unpaired) electrons. The summed E-state index contributed by atoms with van der Waals surface area (Å²) in [6, 6.07) is 9.90. The summed E-state index contributed by atoms with van der Waals surface area (Å²) in [4.78, 5) is 18.5. The van der Waals surface area contributed by atoms with Gasteiger partial charge in [-0.2, -0.15) is 0 Å². The first-order valence-electron chi connectivity index (χ1n) is 9.53. The number of likely N-dealkylation sites (tertiary alicyclic amines) is 2. The van der Waals surface area contributed by atoms with Gasteiger partial charge >= 0.3 is 0 Å². The minimum absolute atomic E-state index is 0.275. The zero-order valence-electron chi connectivity index (χ0n) is 15.3. The van der Waals surface area contributed by atoms with Crippen molar-refractivity contribution in [1.29, 1.82) is 0 Å². The summed E-state index contributed by atoms with van der Waals surface area (Å²) in [6.07, 6.45) is 3.03. The van der Waals surface area contributed by atoms with Crippen molar-refractivity contribution in [3.8, 4) is 0 Å². The molecule has 5 heteroatoms. The molecule has 2 aliphatic rings. The van der Waals surface area contributed by atoms with E-state index in [9.17, 15) is 9.90 Å². The van der Waals surface area contributed by atoms with Crippen LogP contribution in [-0.2, 0) is 4.79 Å². The van der Waals surface area contributed by atoms with Crippen LogP contribution in [0.3, 0.4) is 0 Å². The topological polar surface area (TPSA) is 47.0 Å². The summed E-state index contributed by atoms with van der Waals surface area (Å²) in [5.74, 6) is 0.927. The number of likely N-dealkylation sites (N-methyl/N-ethyl adjacent to an activating group) is 1. The molecule has 0 aromatic heterocycles. The number of β-amino-alcohol motifs (C(OH)–C–C–N with tert-alkyl or cyclic N) is 1. The van der Waals surface area contributed by atoms with Crippen molar-refractivity contribution in [1.82, 2.24) is 14.7 Å². The summed E-state index contributed by atoms with van der Waals surface area (Å²) >= 11 is 0. The molecule has 0 saturated carbocycles. The molecule has 1 aromatic carbocycles. The maximum atomic E-state index is 12.0. The van der Waals surface area contributed by atoms with Crippen LogP contribution in [-0.4, -0.2) is 78.6 Å². The van der Waals surface area contributed by atoms with Crippen LogP contribution in [0, 0.1) is 5.92 Å². The van der Waals surface area contributed by atoms with Crippen LogP contribution in [0.2, 0.25) is 0 Å². The third kappa shape index (κ3) is 5.27. The second kappa shape index (κ2) is 8.79. The lowest BCUT2D eigenvalue weighted by atomic mass is 9.95.